The highest BCUT2D eigenvalue weighted by molar-refractivity contribution is 5.68. The zero-order valence-electron chi connectivity index (χ0n) is 10.2. The van der Waals surface area contributed by atoms with Gasteiger partial charge in [-0.25, -0.2) is 4.79 Å². The molecule has 0 radical (unpaired) electrons. The number of ether oxygens (including phenoxy) is 1. The predicted octanol–water partition coefficient (Wildman–Crippen LogP) is 1.61. The Labute approximate surface area is 92.0 Å². The molecule has 1 aliphatic heterocycles. The zero-order chi connectivity index (χ0) is 11.5. The number of hydrogen-bond donors (Lipinski definition) is 1. The van der Waals surface area contributed by atoms with Crippen LogP contribution in [-0.4, -0.2) is 42.3 Å². The van der Waals surface area contributed by atoms with E-state index in [1.165, 1.54) is 0 Å². The molecule has 1 rings (SSSR count). The van der Waals surface area contributed by atoms with E-state index in [-0.39, 0.29) is 12.1 Å². The van der Waals surface area contributed by atoms with Gasteiger partial charge in [0.15, 0.2) is 0 Å². The van der Waals surface area contributed by atoms with E-state index < -0.39 is 5.60 Å². The average molecular weight is 214 g/mol. The van der Waals surface area contributed by atoms with Crippen molar-refractivity contribution < 1.29 is 9.53 Å². The summed E-state index contributed by atoms with van der Waals surface area (Å²) in [6, 6.07) is 0.211. The van der Waals surface area contributed by atoms with Gasteiger partial charge in [-0.05, 0) is 40.7 Å². The van der Waals surface area contributed by atoms with Gasteiger partial charge in [-0.3, -0.25) is 0 Å². The zero-order valence-corrected chi connectivity index (χ0v) is 10.2. The monoisotopic (exact) mass is 214 g/mol. The lowest BCUT2D eigenvalue weighted by Gasteiger charge is -2.30. The first kappa shape index (κ1) is 12.3. The van der Waals surface area contributed by atoms with E-state index in [0.717, 1.165) is 26.1 Å². The minimum Gasteiger partial charge on any atom is -0.444 e. The molecule has 1 amide bonds. The van der Waals surface area contributed by atoms with Gasteiger partial charge in [-0.2, -0.15) is 0 Å². The molecule has 4 heteroatoms. The van der Waals surface area contributed by atoms with Gasteiger partial charge in [0, 0.05) is 19.1 Å². The number of nitrogens with zero attached hydrogens (tertiary/aromatic N) is 1. The van der Waals surface area contributed by atoms with Crippen LogP contribution in [0.3, 0.4) is 0 Å². The van der Waals surface area contributed by atoms with Crippen LogP contribution in [0.4, 0.5) is 4.79 Å². The molecule has 0 aromatic rings. The molecule has 0 bridgehead atoms. The van der Waals surface area contributed by atoms with Gasteiger partial charge in [-0.1, -0.05) is 0 Å². The molecule has 0 saturated carbocycles. The predicted molar refractivity (Wildman–Crippen MR) is 59.9 cm³/mol. The number of hydrogen-bond acceptors (Lipinski definition) is 3. The first-order valence-corrected chi connectivity index (χ1v) is 5.60. The van der Waals surface area contributed by atoms with Crippen molar-refractivity contribution in [3.63, 3.8) is 0 Å². The summed E-state index contributed by atoms with van der Waals surface area (Å²) in [6.07, 6.45) is 0.794. The Morgan fingerprint density at radius 2 is 2.13 bits per heavy atom. The van der Waals surface area contributed by atoms with Crippen molar-refractivity contribution in [1.29, 1.82) is 0 Å². The lowest BCUT2D eigenvalue weighted by molar-refractivity contribution is 0.0192. The number of rotatable bonds is 0. The van der Waals surface area contributed by atoms with Crippen LogP contribution in [0.25, 0.3) is 0 Å². The minimum atomic E-state index is -0.406. The second-order valence-corrected chi connectivity index (χ2v) is 5.08. The standard InChI is InChI=1S/C11H22N2O2/c1-9-8-12-6-5-7-13(9)10(14)15-11(2,3)4/h9,12H,5-8H2,1-4H3. The Morgan fingerprint density at radius 1 is 1.47 bits per heavy atom. The molecular formula is C11H22N2O2. The van der Waals surface area contributed by atoms with Crippen LogP contribution in [0, 0.1) is 0 Å². The van der Waals surface area contributed by atoms with Crippen molar-refractivity contribution in [1.82, 2.24) is 10.2 Å². The highest BCUT2D eigenvalue weighted by atomic mass is 16.6. The largest absolute Gasteiger partial charge is 0.444 e. The molecule has 1 heterocycles. The van der Waals surface area contributed by atoms with Crippen molar-refractivity contribution >= 4 is 6.09 Å². The Hall–Kier alpha value is -0.770. The first-order valence-electron chi connectivity index (χ1n) is 5.60. The maximum absolute atomic E-state index is 11.9. The van der Waals surface area contributed by atoms with E-state index in [2.05, 4.69) is 5.32 Å². The SMILES string of the molecule is CC1CNCCCN1C(=O)OC(C)(C)C. The van der Waals surface area contributed by atoms with E-state index in [1.54, 1.807) is 0 Å². The van der Waals surface area contributed by atoms with Gasteiger partial charge in [0.2, 0.25) is 0 Å². The quantitative estimate of drug-likeness (QED) is 0.666. The molecule has 0 spiro atoms. The van der Waals surface area contributed by atoms with Crippen LogP contribution in [0.15, 0.2) is 0 Å². The van der Waals surface area contributed by atoms with Crippen LogP contribution in [0.1, 0.15) is 34.1 Å². The molecule has 1 unspecified atom stereocenters. The lowest BCUT2D eigenvalue weighted by atomic mass is 10.2. The maximum Gasteiger partial charge on any atom is 0.410 e. The van der Waals surface area contributed by atoms with Crippen molar-refractivity contribution in [2.45, 2.75) is 45.8 Å². The Bertz CT molecular complexity index is 223. The Balaban J connectivity index is 2.56. The summed E-state index contributed by atoms with van der Waals surface area (Å²) in [7, 11) is 0. The highest BCUT2D eigenvalue weighted by Crippen LogP contribution is 2.13. The molecule has 1 atom stereocenters. The summed E-state index contributed by atoms with van der Waals surface area (Å²) >= 11 is 0. The normalized spacial score (nSPS) is 23.5. The molecule has 0 aliphatic carbocycles. The summed E-state index contributed by atoms with van der Waals surface area (Å²) in [5.74, 6) is 0. The van der Waals surface area contributed by atoms with Crippen molar-refractivity contribution in [3.8, 4) is 0 Å². The minimum absolute atomic E-state index is 0.196. The number of carbonyl (C=O) groups is 1. The Kier molecular flexibility index (Phi) is 3.97. The summed E-state index contributed by atoms with van der Waals surface area (Å²) < 4.78 is 5.36. The van der Waals surface area contributed by atoms with Crippen LogP contribution >= 0.6 is 0 Å². The van der Waals surface area contributed by atoms with Crippen LogP contribution < -0.4 is 5.32 Å². The van der Waals surface area contributed by atoms with Gasteiger partial charge >= 0.3 is 6.09 Å². The van der Waals surface area contributed by atoms with Crippen molar-refractivity contribution in [3.05, 3.63) is 0 Å². The fraction of sp³-hybridized carbons (Fsp3) is 0.909. The van der Waals surface area contributed by atoms with E-state index in [4.69, 9.17) is 4.74 Å². The van der Waals surface area contributed by atoms with Crippen LogP contribution in [0.5, 0.6) is 0 Å². The fourth-order valence-electron chi connectivity index (χ4n) is 1.61. The molecule has 88 valence electrons. The third-order valence-corrected chi connectivity index (χ3v) is 2.35. The number of amides is 1. The van der Waals surface area contributed by atoms with Gasteiger partial charge in [0.25, 0.3) is 0 Å². The average Bonchev–Trinajstić information content (AvgIpc) is 2.26. The molecule has 4 nitrogen and oxygen atoms in total. The molecule has 1 aliphatic rings. The summed E-state index contributed by atoms with van der Waals surface area (Å²) in [4.78, 5) is 13.7. The molecule has 1 saturated heterocycles. The van der Waals surface area contributed by atoms with Gasteiger partial charge < -0.3 is 15.0 Å². The van der Waals surface area contributed by atoms with Crippen molar-refractivity contribution in [2.24, 2.45) is 0 Å². The smallest absolute Gasteiger partial charge is 0.410 e. The number of carbonyl (C=O) groups excluding carboxylic acids is 1. The lowest BCUT2D eigenvalue weighted by Crippen LogP contribution is -2.44. The highest BCUT2D eigenvalue weighted by Gasteiger charge is 2.26. The molecular weight excluding hydrogens is 192 g/mol. The molecule has 15 heavy (non-hydrogen) atoms. The van der Waals surface area contributed by atoms with Crippen LogP contribution in [0.2, 0.25) is 0 Å². The number of nitrogens with one attached hydrogen (secondary N) is 1. The first-order chi connectivity index (χ1) is 6.90. The Morgan fingerprint density at radius 3 is 2.73 bits per heavy atom. The van der Waals surface area contributed by atoms with E-state index in [9.17, 15) is 4.79 Å². The van der Waals surface area contributed by atoms with Gasteiger partial charge in [0.1, 0.15) is 5.60 Å². The van der Waals surface area contributed by atoms with Gasteiger partial charge in [-0.15, -0.1) is 0 Å². The third-order valence-electron chi connectivity index (χ3n) is 2.35. The second kappa shape index (κ2) is 4.84. The summed E-state index contributed by atoms with van der Waals surface area (Å²) in [5, 5.41) is 3.30. The molecule has 1 N–H and O–H groups in total. The van der Waals surface area contributed by atoms with E-state index in [1.807, 2.05) is 32.6 Å². The third kappa shape index (κ3) is 4.08. The summed E-state index contributed by atoms with van der Waals surface area (Å²) in [6.45, 7) is 10.3. The van der Waals surface area contributed by atoms with E-state index in [0.29, 0.717) is 0 Å². The van der Waals surface area contributed by atoms with Crippen molar-refractivity contribution in [2.75, 3.05) is 19.6 Å². The molecule has 0 aromatic carbocycles. The van der Waals surface area contributed by atoms with E-state index >= 15 is 0 Å². The molecule has 1 fully saturated rings. The topological polar surface area (TPSA) is 41.6 Å². The fourth-order valence-corrected chi connectivity index (χ4v) is 1.61. The molecule has 0 aromatic heterocycles. The van der Waals surface area contributed by atoms with Gasteiger partial charge in [0.05, 0.1) is 0 Å². The summed E-state index contributed by atoms with van der Waals surface area (Å²) in [5.41, 5.74) is -0.406. The maximum atomic E-state index is 11.9. The van der Waals surface area contributed by atoms with Crippen LogP contribution in [-0.2, 0) is 4.74 Å². The second-order valence-electron chi connectivity index (χ2n) is 5.08.